The largest absolute Gasteiger partial charge is 1.00 e. The standard InChI is InChI=1S/C18H26NO2S.Cs/c1-14-11-18(21-13-14)22-17-7-3-6-16(12-17)20-10-8-15-5-4-9-19(15)2;/h3,6-7,12-15,18H,4-5,8-11H2,1-2H3;/q-1;+1/t14-,15?,18?;/m1./s1. The average molecular weight is 453 g/mol. The van der Waals surface area contributed by atoms with E-state index in [0.717, 1.165) is 25.2 Å². The third-order valence-electron chi connectivity index (χ3n) is 4.49. The molecule has 0 saturated carbocycles. The van der Waals surface area contributed by atoms with Crippen molar-refractivity contribution in [1.82, 2.24) is 4.90 Å². The van der Waals surface area contributed by atoms with Gasteiger partial charge in [-0.15, -0.1) is 5.92 Å². The number of nitrogens with zero attached hydrogens (tertiary/aromatic N) is 1. The molecule has 0 bridgehead atoms. The zero-order chi connectivity index (χ0) is 15.4. The number of likely N-dealkylation sites (tertiary alicyclic amines) is 1. The molecule has 1 aromatic carbocycles. The van der Waals surface area contributed by atoms with Crippen molar-refractivity contribution in [2.75, 3.05) is 20.2 Å². The van der Waals surface area contributed by atoms with Gasteiger partial charge >= 0.3 is 68.9 Å². The fourth-order valence-corrected chi connectivity index (χ4v) is 4.32. The SMILES string of the molecule is C[C@H]1[CH-]OC(Sc2cccc(OCCC3CCCN3C)c2)C1.[Cs+]. The Kier molecular flexibility index (Phi) is 9.41. The van der Waals surface area contributed by atoms with Crippen LogP contribution in [0.4, 0.5) is 0 Å². The van der Waals surface area contributed by atoms with Gasteiger partial charge in [0.25, 0.3) is 0 Å². The molecule has 0 spiro atoms. The second-order valence-corrected chi connectivity index (χ2v) is 7.65. The van der Waals surface area contributed by atoms with Crippen molar-refractivity contribution in [1.29, 1.82) is 0 Å². The molecule has 3 nitrogen and oxygen atoms in total. The number of rotatable bonds is 6. The zero-order valence-electron chi connectivity index (χ0n) is 14.5. The molecule has 1 aromatic rings. The van der Waals surface area contributed by atoms with Gasteiger partial charge in [0.2, 0.25) is 0 Å². The van der Waals surface area contributed by atoms with E-state index in [9.17, 15) is 0 Å². The molecule has 3 rings (SSSR count). The number of ether oxygens (including phenoxy) is 2. The smallest absolute Gasteiger partial charge is 0.542 e. The number of hydrogen-bond donors (Lipinski definition) is 0. The predicted molar refractivity (Wildman–Crippen MR) is 91.0 cm³/mol. The normalized spacial score (nSPS) is 27.8. The van der Waals surface area contributed by atoms with Crippen LogP contribution in [0.5, 0.6) is 5.75 Å². The fraction of sp³-hybridized carbons (Fsp3) is 0.611. The van der Waals surface area contributed by atoms with Crippen molar-refractivity contribution >= 4 is 11.8 Å². The zero-order valence-corrected chi connectivity index (χ0v) is 21.6. The van der Waals surface area contributed by atoms with E-state index in [1.807, 2.05) is 12.7 Å². The minimum Gasteiger partial charge on any atom is -0.542 e. The molecule has 2 saturated heterocycles. The molecular weight excluding hydrogens is 427 g/mol. The van der Waals surface area contributed by atoms with Crippen molar-refractivity contribution in [3.63, 3.8) is 0 Å². The summed E-state index contributed by atoms with van der Waals surface area (Å²) in [5, 5.41) is 0. The van der Waals surface area contributed by atoms with Crippen LogP contribution in [-0.4, -0.2) is 36.6 Å². The summed E-state index contributed by atoms with van der Waals surface area (Å²) < 4.78 is 11.6. The monoisotopic (exact) mass is 453 g/mol. The van der Waals surface area contributed by atoms with E-state index in [1.165, 1.54) is 24.3 Å². The Morgan fingerprint density at radius 2 is 2.30 bits per heavy atom. The predicted octanol–water partition coefficient (Wildman–Crippen LogP) is 1.19. The number of benzene rings is 1. The molecule has 0 aliphatic carbocycles. The third kappa shape index (κ3) is 6.53. The van der Waals surface area contributed by atoms with E-state index in [1.54, 1.807) is 11.8 Å². The molecule has 0 radical (unpaired) electrons. The summed E-state index contributed by atoms with van der Waals surface area (Å²) in [6.45, 7) is 6.18. The summed E-state index contributed by atoms with van der Waals surface area (Å²) in [5.41, 5.74) is 0.248. The van der Waals surface area contributed by atoms with Gasteiger partial charge in [0.05, 0.1) is 12.0 Å². The quantitative estimate of drug-likeness (QED) is 0.604. The molecule has 2 heterocycles. The van der Waals surface area contributed by atoms with Gasteiger partial charge in [0.1, 0.15) is 5.75 Å². The van der Waals surface area contributed by atoms with Crippen LogP contribution in [0.2, 0.25) is 0 Å². The van der Waals surface area contributed by atoms with Crippen LogP contribution < -0.4 is 73.6 Å². The number of thioether (sulfide) groups is 1. The Hall–Kier alpha value is 1.34. The minimum atomic E-state index is 0. The number of hydrogen-bond acceptors (Lipinski definition) is 4. The van der Waals surface area contributed by atoms with E-state index < -0.39 is 0 Å². The van der Waals surface area contributed by atoms with Crippen LogP contribution in [0.15, 0.2) is 29.2 Å². The Labute approximate surface area is 203 Å². The summed E-state index contributed by atoms with van der Waals surface area (Å²) in [7, 11) is 2.22. The first-order valence-corrected chi connectivity index (χ1v) is 9.17. The van der Waals surface area contributed by atoms with E-state index in [-0.39, 0.29) is 74.3 Å². The molecule has 2 aliphatic heterocycles. The summed E-state index contributed by atoms with van der Waals surface area (Å²) in [6.07, 6.45) is 4.84. The van der Waals surface area contributed by atoms with E-state index in [0.29, 0.717) is 12.0 Å². The first kappa shape index (κ1) is 20.7. The van der Waals surface area contributed by atoms with Crippen LogP contribution in [-0.2, 0) is 4.74 Å². The van der Waals surface area contributed by atoms with E-state index in [2.05, 4.69) is 37.1 Å². The second kappa shape index (κ2) is 10.5. The van der Waals surface area contributed by atoms with Crippen molar-refractivity contribution < 1.29 is 78.4 Å². The van der Waals surface area contributed by atoms with Crippen molar-refractivity contribution in [2.24, 2.45) is 5.92 Å². The summed E-state index contributed by atoms with van der Waals surface area (Å²) in [5.74, 6) is 1.53. The third-order valence-corrected chi connectivity index (χ3v) is 5.58. The Balaban J connectivity index is 0.00000192. The molecule has 2 aliphatic rings. The molecular formula is C18H26CsNO2S. The minimum absolute atomic E-state index is 0. The van der Waals surface area contributed by atoms with Gasteiger partial charge in [-0.2, -0.15) is 0 Å². The van der Waals surface area contributed by atoms with Gasteiger partial charge in [0.15, 0.2) is 0 Å². The van der Waals surface area contributed by atoms with E-state index in [4.69, 9.17) is 9.47 Å². The average Bonchev–Trinajstić information content (AvgIpc) is 3.09. The summed E-state index contributed by atoms with van der Waals surface area (Å²) in [4.78, 5) is 3.67. The Morgan fingerprint density at radius 1 is 1.43 bits per heavy atom. The molecule has 122 valence electrons. The molecule has 23 heavy (non-hydrogen) atoms. The van der Waals surface area contributed by atoms with Gasteiger partial charge in [-0.3, -0.25) is 0 Å². The first-order chi connectivity index (χ1) is 10.7. The first-order valence-electron chi connectivity index (χ1n) is 8.29. The summed E-state index contributed by atoms with van der Waals surface area (Å²) in [6, 6.07) is 9.08. The summed E-state index contributed by atoms with van der Waals surface area (Å²) >= 11 is 1.79. The van der Waals surface area contributed by atoms with Crippen LogP contribution in [0.1, 0.15) is 32.6 Å². The maximum Gasteiger partial charge on any atom is 1.00 e. The Morgan fingerprint density at radius 3 is 3.00 bits per heavy atom. The fourth-order valence-electron chi connectivity index (χ4n) is 3.16. The van der Waals surface area contributed by atoms with Crippen LogP contribution in [0.25, 0.3) is 0 Å². The van der Waals surface area contributed by atoms with Gasteiger partial charge in [-0.05, 0) is 57.5 Å². The molecule has 5 heteroatoms. The van der Waals surface area contributed by atoms with Crippen LogP contribution in [0, 0.1) is 12.5 Å². The maximum absolute atomic E-state index is 5.95. The molecule has 0 amide bonds. The molecule has 0 aromatic heterocycles. The molecule has 0 N–H and O–H groups in total. The molecule has 2 unspecified atom stereocenters. The van der Waals surface area contributed by atoms with Gasteiger partial charge < -0.3 is 14.4 Å². The van der Waals surface area contributed by atoms with Crippen LogP contribution >= 0.6 is 11.8 Å². The maximum atomic E-state index is 5.95. The second-order valence-electron chi connectivity index (χ2n) is 6.42. The molecule has 2 fully saturated rings. The van der Waals surface area contributed by atoms with Crippen molar-refractivity contribution in [3.8, 4) is 5.75 Å². The van der Waals surface area contributed by atoms with Gasteiger partial charge in [-0.25, -0.2) is 6.61 Å². The van der Waals surface area contributed by atoms with E-state index >= 15 is 0 Å². The Bertz CT molecular complexity index is 488. The topological polar surface area (TPSA) is 21.7 Å². The van der Waals surface area contributed by atoms with Crippen molar-refractivity contribution in [2.45, 2.75) is 49.0 Å². The van der Waals surface area contributed by atoms with Crippen LogP contribution in [0.3, 0.4) is 0 Å². The molecule has 3 atom stereocenters. The van der Waals surface area contributed by atoms with Crippen molar-refractivity contribution in [3.05, 3.63) is 30.9 Å². The van der Waals surface area contributed by atoms with Gasteiger partial charge in [0, 0.05) is 10.9 Å². The van der Waals surface area contributed by atoms with Gasteiger partial charge in [-0.1, -0.05) is 24.8 Å².